The minimum Gasteiger partial charge on any atom is -0.490 e. The van der Waals surface area contributed by atoms with E-state index >= 15 is 0 Å². The average molecular weight is 312 g/mol. The van der Waals surface area contributed by atoms with Crippen molar-refractivity contribution >= 4 is 12.4 Å². The first-order valence-electron chi connectivity index (χ1n) is 6.90. The van der Waals surface area contributed by atoms with Crippen LogP contribution in [0.5, 0.6) is 5.75 Å². The van der Waals surface area contributed by atoms with Gasteiger partial charge in [0.05, 0.1) is 25.5 Å². The Bertz CT molecular complexity index is 552. The average Bonchev–Trinajstić information content (AvgIpc) is 3.10. The lowest BCUT2D eigenvalue weighted by atomic mass is 10.1. The van der Waals surface area contributed by atoms with Crippen LogP contribution in [0, 0.1) is 11.7 Å². The van der Waals surface area contributed by atoms with Gasteiger partial charge in [-0.3, -0.25) is 4.68 Å². The summed E-state index contributed by atoms with van der Waals surface area (Å²) >= 11 is 0. The molecule has 1 aliphatic heterocycles. The van der Waals surface area contributed by atoms with Gasteiger partial charge in [0, 0.05) is 12.5 Å². The van der Waals surface area contributed by atoms with Crippen LogP contribution in [0.1, 0.15) is 12.0 Å². The van der Waals surface area contributed by atoms with Gasteiger partial charge < -0.3 is 10.1 Å². The molecular weight excluding hydrogens is 293 g/mol. The lowest BCUT2D eigenvalue weighted by Crippen LogP contribution is -2.15. The fourth-order valence-electron chi connectivity index (χ4n) is 2.35. The van der Waals surface area contributed by atoms with E-state index < -0.39 is 0 Å². The predicted octanol–water partition coefficient (Wildman–Crippen LogP) is 2.48. The van der Waals surface area contributed by atoms with E-state index in [0.29, 0.717) is 12.5 Å². The van der Waals surface area contributed by atoms with Crippen molar-refractivity contribution in [3.63, 3.8) is 0 Å². The van der Waals surface area contributed by atoms with Gasteiger partial charge in [0.2, 0.25) is 0 Å². The first-order valence-corrected chi connectivity index (χ1v) is 6.90. The fourth-order valence-corrected chi connectivity index (χ4v) is 2.35. The Kier molecular flexibility index (Phi) is 5.59. The van der Waals surface area contributed by atoms with Crippen molar-refractivity contribution in [1.29, 1.82) is 0 Å². The Hall–Kier alpha value is -1.59. The van der Waals surface area contributed by atoms with E-state index in [4.69, 9.17) is 4.74 Å². The summed E-state index contributed by atoms with van der Waals surface area (Å²) in [5, 5.41) is 7.58. The largest absolute Gasteiger partial charge is 0.490 e. The summed E-state index contributed by atoms with van der Waals surface area (Å²) in [6.45, 7) is 3.46. The minimum atomic E-state index is -0.219. The van der Waals surface area contributed by atoms with Crippen molar-refractivity contribution in [2.75, 3.05) is 19.7 Å². The zero-order valence-corrected chi connectivity index (χ0v) is 12.5. The van der Waals surface area contributed by atoms with Gasteiger partial charge in [-0.05, 0) is 30.7 Å². The second-order valence-corrected chi connectivity index (χ2v) is 5.17. The van der Waals surface area contributed by atoms with E-state index in [1.165, 1.54) is 18.6 Å². The maximum Gasteiger partial charge on any atom is 0.157 e. The van der Waals surface area contributed by atoms with Gasteiger partial charge in [-0.2, -0.15) is 5.10 Å². The Morgan fingerprint density at radius 3 is 2.86 bits per heavy atom. The molecule has 1 fully saturated rings. The molecule has 2 aromatic rings. The van der Waals surface area contributed by atoms with Gasteiger partial charge in [0.15, 0.2) is 5.75 Å². The van der Waals surface area contributed by atoms with Crippen molar-refractivity contribution in [3.8, 4) is 5.75 Å². The molecule has 0 bridgehead atoms. The van der Waals surface area contributed by atoms with Crippen LogP contribution in [0.3, 0.4) is 0 Å². The molecule has 0 saturated carbocycles. The highest BCUT2D eigenvalue weighted by atomic mass is 35.5. The molecule has 2 heterocycles. The zero-order valence-electron chi connectivity index (χ0n) is 11.7. The number of hydrogen-bond acceptors (Lipinski definition) is 3. The second kappa shape index (κ2) is 7.43. The molecule has 114 valence electrons. The Morgan fingerprint density at radius 1 is 1.33 bits per heavy atom. The highest BCUT2D eigenvalue weighted by molar-refractivity contribution is 5.85. The van der Waals surface area contributed by atoms with Crippen LogP contribution >= 0.6 is 12.4 Å². The molecule has 1 atom stereocenters. The molecule has 1 unspecified atom stereocenters. The zero-order chi connectivity index (χ0) is 13.8. The third-order valence-electron chi connectivity index (χ3n) is 3.52. The highest BCUT2D eigenvalue weighted by Gasteiger charge is 2.15. The monoisotopic (exact) mass is 311 g/mol. The lowest BCUT2D eigenvalue weighted by Gasteiger charge is -2.08. The number of rotatable bonds is 5. The van der Waals surface area contributed by atoms with Crippen LogP contribution in [0.4, 0.5) is 4.39 Å². The smallest absolute Gasteiger partial charge is 0.157 e. The van der Waals surface area contributed by atoms with Crippen LogP contribution < -0.4 is 10.1 Å². The quantitative estimate of drug-likeness (QED) is 0.922. The number of hydrogen-bond donors (Lipinski definition) is 1. The number of ether oxygens (including phenoxy) is 1. The molecule has 1 aromatic carbocycles. The normalized spacial score (nSPS) is 17.5. The maximum atomic E-state index is 12.8. The van der Waals surface area contributed by atoms with Crippen LogP contribution in [0.15, 0.2) is 36.7 Å². The standard InChI is InChI=1S/C15H18FN3O.ClH/c16-14-3-1-12(2-4-14)9-19-10-15(8-18-19)20-11-13-5-6-17-7-13;/h1-4,8,10,13,17H,5-7,9,11H2;1H. The summed E-state index contributed by atoms with van der Waals surface area (Å²) < 4.78 is 20.4. The van der Waals surface area contributed by atoms with Gasteiger partial charge in [-0.1, -0.05) is 12.1 Å². The second-order valence-electron chi connectivity index (χ2n) is 5.17. The van der Waals surface area contributed by atoms with Gasteiger partial charge in [0.25, 0.3) is 0 Å². The van der Waals surface area contributed by atoms with E-state index in [1.807, 2.05) is 6.20 Å². The predicted molar refractivity (Wildman–Crippen MR) is 81.4 cm³/mol. The van der Waals surface area contributed by atoms with Gasteiger partial charge in [-0.25, -0.2) is 4.39 Å². The molecule has 21 heavy (non-hydrogen) atoms. The van der Waals surface area contributed by atoms with E-state index in [0.717, 1.165) is 31.0 Å². The van der Waals surface area contributed by atoms with Crippen molar-refractivity contribution < 1.29 is 9.13 Å². The van der Waals surface area contributed by atoms with E-state index in [9.17, 15) is 4.39 Å². The van der Waals surface area contributed by atoms with Crippen LogP contribution in [0.2, 0.25) is 0 Å². The molecule has 4 nitrogen and oxygen atoms in total. The fraction of sp³-hybridized carbons (Fsp3) is 0.400. The molecule has 6 heteroatoms. The number of aromatic nitrogens is 2. The molecule has 0 spiro atoms. The van der Waals surface area contributed by atoms with Crippen molar-refractivity contribution in [1.82, 2.24) is 15.1 Å². The van der Waals surface area contributed by atoms with Crippen molar-refractivity contribution in [2.24, 2.45) is 5.92 Å². The van der Waals surface area contributed by atoms with Crippen LogP contribution in [-0.2, 0) is 6.54 Å². The van der Waals surface area contributed by atoms with E-state index in [-0.39, 0.29) is 18.2 Å². The summed E-state index contributed by atoms with van der Waals surface area (Å²) in [4.78, 5) is 0. The van der Waals surface area contributed by atoms with Crippen LogP contribution in [-0.4, -0.2) is 29.5 Å². The van der Waals surface area contributed by atoms with Gasteiger partial charge in [0.1, 0.15) is 5.82 Å². The van der Waals surface area contributed by atoms with E-state index in [1.54, 1.807) is 23.0 Å². The first-order chi connectivity index (χ1) is 9.79. The van der Waals surface area contributed by atoms with Crippen LogP contribution in [0.25, 0.3) is 0 Å². The first kappa shape index (κ1) is 15.8. The summed E-state index contributed by atoms with van der Waals surface area (Å²) in [5.74, 6) is 1.16. The van der Waals surface area contributed by atoms with Crippen molar-refractivity contribution in [2.45, 2.75) is 13.0 Å². The number of nitrogens with one attached hydrogen (secondary N) is 1. The molecule has 1 saturated heterocycles. The molecular formula is C15H19ClFN3O. The topological polar surface area (TPSA) is 39.1 Å². The summed E-state index contributed by atoms with van der Waals surface area (Å²) in [6.07, 6.45) is 4.78. The molecule has 0 aliphatic carbocycles. The van der Waals surface area contributed by atoms with Gasteiger partial charge in [-0.15, -0.1) is 12.4 Å². The summed E-state index contributed by atoms with van der Waals surface area (Å²) in [6, 6.07) is 6.45. The van der Waals surface area contributed by atoms with Crippen molar-refractivity contribution in [3.05, 3.63) is 48.0 Å². The number of nitrogens with zero attached hydrogens (tertiary/aromatic N) is 2. The Balaban J connectivity index is 0.00000161. The van der Waals surface area contributed by atoms with Gasteiger partial charge >= 0.3 is 0 Å². The molecule has 1 N–H and O–H groups in total. The van der Waals surface area contributed by atoms with E-state index in [2.05, 4.69) is 10.4 Å². The molecule has 0 amide bonds. The molecule has 1 aliphatic rings. The maximum absolute atomic E-state index is 12.8. The summed E-state index contributed by atoms with van der Waals surface area (Å²) in [5.41, 5.74) is 1.01. The lowest BCUT2D eigenvalue weighted by molar-refractivity contribution is 0.260. The Morgan fingerprint density at radius 2 is 2.14 bits per heavy atom. The SMILES string of the molecule is Cl.Fc1ccc(Cn2cc(OCC3CCNC3)cn2)cc1. The highest BCUT2D eigenvalue weighted by Crippen LogP contribution is 2.14. The number of halogens is 2. The minimum absolute atomic E-state index is 0. The third kappa shape index (κ3) is 4.44. The molecule has 3 rings (SSSR count). The summed E-state index contributed by atoms with van der Waals surface area (Å²) in [7, 11) is 0. The third-order valence-corrected chi connectivity index (χ3v) is 3.52. The molecule has 1 aromatic heterocycles. The molecule has 0 radical (unpaired) electrons. The Labute approximate surface area is 129 Å². The number of benzene rings is 1.